The van der Waals surface area contributed by atoms with Gasteiger partial charge < -0.3 is 9.72 Å². The van der Waals surface area contributed by atoms with E-state index in [0.717, 1.165) is 22.8 Å². The van der Waals surface area contributed by atoms with E-state index in [1.54, 1.807) is 0 Å². The molecule has 7 heteroatoms. The Morgan fingerprint density at radius 2 is 2.18 bits per heavy atom. The summed E-state index contributed by atoms with van der Waals surface area (Å²) >= 11 is 1.23. The van der Waals surface area contributed by atoms with E-state index < -0.39 is 0 Å². The summed E-state index contributed by atoms with van der Waals surface area (Å²) in [4.78, 5) is 19.3. The minimum Gasteiger partial charge on any atom is -0.462 e. The predicted octanol–water partition coefficient (Wildman–Crippen LogP) is 2.94. The van der Waals surface area contributed by atoms with Crippen molar-refractivity contribution in [2.75, 3.05) is 5.75 Å². The molecule has 0 fully saturated rings. The van der Waals surface area contributed by atoms with Gasteiger partial charge in [0.2, 0.25) is 5.16 Å². The molecule has 0 saturated heterocycles. The van der Waals surface area contributed by atoms with Gasteiger partial charge >= 0.3 is 5.97 Å². The van der Waals surface area contributed by atoms with Crippen LogP contribution in [0.3, 0.4) is 0 Å². The van der Waals surface area contributed by atoms with E-state index in [0.29, 0.717) is 10.8 Å². The smallest absolute Gasteiger partial charge is 0.316 e. The van der Waals surface area contributed by atoms with Gasteiger partial charge in [0.05, 0.1) is 11.9 Å². The van der Waals surface area contributed by atoms with Crippen LogP contribution in [0.4, 0.5) is 0 Å². The van der Waals surface area contributed by atoms with Gasteiger partial charge in [-0.2, -0.15) is 0 Å². The number of carbonyl (C=O) groups excluding carboxylic acids is 1. The molecular weight excluding hydrogens is 300 g/mol. The second kappa shape index (κ2) is 6.31. The van der Waals surface area contributed by atoms with Crippen LogP contribution in [-0.2, 0) is 9.53 Å². The summed E-state index contributed by atoms with van der Waals surface area (Å²) in [6.45, 7) is 3.85. The number of hydrogen-bond acceptors (Lipinski definition) is 6. The average Bonchev–Trinajstić information content (AvgIpc) is 2.90. The maximum atomic E-state index is 11.7. The van der Waals surface area contributed by atoms with E-state index in [4.69, 9.17) is 4.74 Å². The Hall–Kier alpha value is -2.15. The topological polar surface area (TPSA) is 80.8 Å². The lowest BCUT2D eigenvalue weighted by Gasteiger charge is -2.09. The molecule has 0 radical (unpaired) electrons. The van der Waals surface area contributed by atoms with Crippen molar-refractivity contribution in [2.24, 2.45) is 0 Å². The van der Waals surface area contributed by atoms with E-state index in [2.05, 4.69) is 20.2 Å². The number of benzene rings is 1. The molecule has 22 heavy (non-hydrogen) atoms. The molecule has 1 aromatic carbocycles. The van der Waals surface area contributed by atoms with Crippen molar-refractivity contribution in [3.05, 3.63) is 24.3 Å². The SMILES string of the molecule is CCC(C)OC(=O)CSc1nnc2c(n1)[nH]c1ccccc12. The largest absolute Gasteiger partial charge is 0.462 e. The summed E-state index contributed by atoms with van der Waals surface area (Å²) < 4.78 is 5.21. The van der Waals surface area contributed by atoms with Crippen molar-refractivity contribution >= 4 is 39.8 Å². The fourth-order valence-electron chi connectivity index (χ4n) is 2.03. The standard InChI is InChI=1S/C15H16N4O2S/c1-3-9(2)21-12(20)8-22-15-17-14-13(18-19-15)10-6-4-5-7-11(10)16-14/h4-7,9H,3,8H2,1-2H3,(H,16,17,19). The van der Waals surface area contributed by atoms with Gasteiger partial charge in [0.25, 0.3) is 0 Å². The first kappa shape index (κ1) is 14.8. The monoisotopic (exact) mass is 316 g/mol. The number of aromatic nitrogens is 4. The van der Waals surface area contributed by atoms with Gasteiger partial charge in [-0.3, -0.25) is 4.79 Å². The van der Waals surface area contributed by atoms with Gasteiger partial charge in [-0.05, 0) is 19.4 Å². The third-order valence-corrected chi connectivity index (χ3v) is 4.14. The molecule has 114 valence electrons. The molecule has 0 saturated carbocycles. The highest BCUT2D eigenvalue weighted by Crippen LogP contribution is 2.23. The predicted molar refractivity (Wildman–Crippen MR) is 85.8 cm³/mol. The molecular formula is C15H16N4O2S. The number of aromatic amines is 1. The summed E-state index contributed by atoms with van der Waals surface area (Å²) in [6, 6.07) is 7.84. The van der Waals surface area contributed by atoms with E-state index in [1.807, 2.05) is 38.1 Å². The van der Waals surface area contributed by atoms with Crippen molar-refractivity contribution in [3.63, 3.8) is 0 Å². The van der Waals surface area contributed by atoms with E-state index in [9.17, 15) is 4.79 Å². The Balaban J connectivity index is 1.75. The van der Waals surface area contributed by atoms with Crippen molar-refractivity contribution in [3.8, 4) is 0 Å². The molecule has 1 N–H and O–H groups in total. The molecule has 1 atom stereocenters. The number of ether oxygens (including phenoxy) is 1. The van der Waals surface area contributed by atoms with E-state index in [1.165, 1.54) is 11.8 Å². The first-order chi connectivity index (χ1) is 10.7. The molecule has 6 nitrogen and oxygen atoms in total. The van der Waals surface area contributed by atoms with Crippen LogP contribution in [-0.4, -0.2) is 38.0 Å². The molecule has 0 spiro atoms. The lowest BCUT2D eigenvalue weighted by molar-refractivity contribution is -0.144. The zero-order valence-corrected chi connectivity index (χ0v) is 13.2. The Morgan fingerprint density at radius 3 is 3.00 bits per heavy atom. The number of rotatable bonds is 5. The summed E-state index contributed by atoms with van der Waals surface area (Å²) in [6.07, 6.45) is 0.735. The number of hydrogen-bond donors (Lipinski definition) is 1. The molecule has 0 amide bonds. The maximum Gasteiger partial charge on any atom is 0.316 e. The van der Waals surface area contributed by atoms with Gasteiger partial charge in [0.15, 0.2) is 5.65 Å². The third kappa shape index (κ3) is 3.04. The van der Waals surface area contributed by atoms with Gasteiger partial charge in [-0.25, -0.2) is 4.98 Å². The molecule has 2 aromatic heterocycles. The van der Waals surface area contributed by atoms with Gasteiger partial charge in [-0.15, -0.1) is 10.2 Å². The van der Waals surface area contributed by atoms with Crippen LogP contribution >= 0.6 is 11.8 Å². The number of para-hydroxylation sites is 1. The highest BCUT2D eigenvalue weighted by atomic mass is 32.2. The first-order valence-electron chi connectivity index (χ1n) is 7.10. The van der Waals surface area contributed by atoms with Crippen LogP contribution in [0.25, 0.3) is 22.1 Å². The van der Waals surface area contributed by atoms with Crippen molar-refractivity contribution < 1.29 is 9.53 Å². The summed E-state index contributed by atoms with van der Waals surface area (Å²) in [5, 5.41) is 9.73. The van der Waals surface area contributed by atoms with Crippen LogP contribution in [0.2, 0.25) is 0 Å². The Morgan fingerprint density at radius 1 is 1.36 bits per heavy atom. The maximum absolute atomic E-state index is 11.7. The number of nitrogens with one attached hydrogen (secondary N) is 1. The Kier molecular flexibility index (Phi) is 4.24. The second-order valence-electron chi connectivity index (χ2n) is 4.96. The normalized spacial score (nSPS) is 12.6. The van der Waals surface area contributed by atoms with Crippen LogP contribution in [0.1, 0.15) is 20.3 Å². The minimum atomic E-state index is -0.264. The Bertz CT molecular complexity index is 818. The van der Waals surface area contributed by atoms with Crippen molar-refractivity contribution in [1.82, 2.24) is 20.2 Å². The lowest BCUT2D eigenvalue weighted by Crippen LogP contribution is -2.15. The molecule has 0 aliphatic carbocycles. The zero-order valence-electron chi connectivity index (χ0n) is 12.4. The van der Waals surface area contributed by atoms with Crippen molar-refractivity contribution in [1.29, 1.82) is 0 Å². The fraction of sp³-hybridized carbons (Fsp3) is 0.333. The molecule has 3 aromatic rings. The molecule has 0 bridgehead atoms. The lowest BCUT2D eigenvalue weighted by atomic mass is 10.2. The summed E-state index contributed by atoms with van der Waals surface area (Å²) in [5.41, 5.74) is 2.38. The highest BCUT2D eigenvalue weighted by molar-refractivity contribution is 7.99. The fourth-order valence-corrected chi connectivity index (χ4v) is 2.60. The number of esters is 1. The van der Waals surface area contributed by atoms with Crippen LogP contribution in [0.15, 0.2) is 29.4 Å². The molecule has 0 aliphatic rings. The molecule has 1 unspecified atom stereocenters. The molecule has 0 aliphatic heterocycles. The van der Waals surface area contributed by atoms with Gasteiger partial charge in [0, 0.05) is 10.9 Å². The Labute approximate surface area is 131 Å². The summed E-state index contributed by atoms with van der Waals surface area (Å²) in [7, 11) is 0. The van der Waals surface area contributed by atoms with Gasteiger partial charge in [0.1, 0.15) is 5.52 Å². The molecule has 3 rings (SSSR count). The third-order valence-electron chi connectivity index (χ3n) is 3.33. The first-order valence-corrected chi connectivity index (χ1v) is 8.09. The van der Waals surface area contributed by atoms with Crippen LogP contribution < -0.4 is 0 Å². The minimum absolute atomic E-state index is 0.0664. The number of fused-ring (bicyclic) bond motifs is 3. The van der Waals surface area contributed by atoms with Gasteiger partial charge in [-0.1, -0.05) is 36.9 Å². The number of nitrogens with zero attached hydrogens (tertiary/aromatic N) is 3. The van der Waals surface area contributed by atoms with E-state index in [-0.39, 0.29) is 17.8 Å². The average molecular weight is 316 g/mol. The number of thioether (sulfide) groups is 1. The highest BCUT2D eigenvalue weighted by Gasteiger charge is 2.12. The van der Waals surface area contributed by atoms with Crippen LogP contribution in [0.5, 0.6) is 0 Å². The number of carbonyl (C=O) groups is 1. The van der Waals surface area contributed by atoms with Crippen LogP contribution in [0, 0.1) is 0 Å². The second-order valence-corrected chi connectivity index (χ2v) is 5.90. The van der Waals surface area contributed by atoms with Crippen molar-refractivity contribution in [2.45, 2.75) is 31.5 Å². The van der Waals surface area contributed by atoms with E-state index >= 15 is 0 Å². The number of H-pyrrole nitrogens is 1. The quantitative estimate of drug-likeness (QED) is 0.576. The summed E-state index contributed by atoms with van der Waals surface area (Å²) in [5.74, 6) is -0.0858. The molecule has 2 heterocycles. The zero-order chi connectivity index (χ0) is 15.5.